The molecule has 0 aliphatic carbocycles. The van der Waals surface area contributed by atoms with E-state index in [4.69, 9.17) is 10.5 Å². The number of amides is 1. The molecular formula is C11H15ClN2O2. The van der Waals surface area contributed by atoms with Crippen LogP contribution >= 0.6 is 12.4 Å². The van der Waals surface area contributed by atoms with Gasteiger partial charge in [0.25, 0.3) is 5.91 Å². The fourth-order valence-corrected chi connectivity index (χ4v) is 1.60. The normalized spacial score (nSPS) is 12.8. The lowest BCUT2D eigenvalue weighted by Gasteiger charge is -2.04. The van der Waals surface area contributed by atoms with Crippen LogP contribution in [-0.2, 0) is 18.0 Å². The summed E-state index contributed by atoms with van der Waals surface area (Å²) < 4.78 is 5.28. The Hall–Kier alpha value is -1.10. The Balaban J connectivity index is 0.00000128. The van der Waals surface area contributed by atoms with Gasteiger partial charge in [-0.1, -0.05) is 6.07 Å². The first-order chi connectivity index (χ1) is 7.31. The summed E-state index contributed by atoms with van der Waals surface area (Å²) in [6.07, 6.45) is 0. The van der Waals surface area contributed by atoms with Crippen molar-refractivity contribution in [2.24, 2.45) is 5.73 Å². The first-order valence-corrected chi connectivity index (χ1v) is 4.99. The maximum Gasteiger partial charge on any atom is 0.251 e. The molecule has 0 atom stereocenters. The monoisotopic (exact) mass is 242 g/mol. The van der Waals surface area contributed by atoms with Gasteiger partial charge >= 0.3 is 0 Å². The number of ether oxygens (including phenoxy) is 1. The van der Waals surface area contributed by atoms with Gasteiger partial charge < -0.3 is 15.8 Å². The summed E-state index contributed by atoms with van der Waals surface area (Å²) in [5.74, 6) is -0.0739. The number of carbonyl (C=O) groups excluding carboxylic acids is 1. The average Bonchev–Trinajstić information content (AvgIpc) is 2.72. The van der Waals surface area contributed by atoms with Crippen molar-refractivity contribution in [3.63, 3.8) is 0 Å². The van der Waals surface area contributed by atoms with Gasteiger partial charge in [0.15, 0.2) is 0 Å². The van der Waals surface area contributed by atoms with Gasteiger partial charge in [-0.3, -0.25) is 4.79 Å². The number of nitrogens with two attached hydrogens (primary N) is 1. The molecule has 3 N–H and O–H groups in total. The molecule has 0 saturated heterocycles. The smallest absolute Gasteiger partial charge is 0.251 e. The van der Waals surface area contributed by atoms with E-state index >= 15 is 0 Å². The summed E-state index contributed by atoms with van der Waals surface area (Å²) >= 11 is 0. The Kier molecular flexibility index (Phi) is 4.73. The van der Waals surface area contributed by atoms with Crippen LogP contribution in [0.4, 0.5) is 0 Å². The van der Waals surface area contributed by atoms with Crippen LogP contribution in [0.3, 0.4) is 0 Å². The lowest BCUT2D eigenvalue weighted by Crippen LogP contribution is -2.29. The first kappa shape index (κ1) is 13.0. The minimum absolute atomic E-state index is 0. The molecule has 0 spiro atoms. The van der Waals surface area contributed by atoms with E-state index in [2.05, 4.69) is 5.32 Å². The summed E-state index contributed by atoms with van der Waals surface area (Å²) in [6, 6.07) is 5.65. The van der Waals surface area contributed by atoms with Crippen molar-refractivity contribution in [2.75, 3.05) is 13.1 Å². The van der Waals surface area contributed by atoms with Crippen LogP contribution in [0, 0.1) is 0 Å². The van der Waals surface area contributed by atoms with Crippen LogP contribution in [0.25, 0.3) is 0 Å². The molecule has 1 aliphatic rings. The van der Waals surface area contributed by atoms with Gasteiger partial charge in [-0.2, -0.15) is 0 Å². The van der Waals surface area contributed by atoms with E-state index in [1.807, 2.05) is 18.2 Å². The van der Waals surface area contributed by atoms with Crippen molar-refractivity contribution in [1.29, 1.82) is 0 Å². The Morgan fingerprint density at radius 3 is 2.88 bits per heavy atom. The highest BCUT2D eigenvalue weighted by atomic mass is 35.5. The van der Waals surface area contributed by atoms with Crippen LogP contribution in [0.5, 0.6) is 0 Å². The Bertz CT molecular complexity index is 382. The standard InChI is InChI=1S/C11H14N2O2.ClH/c12-3-4-13-11(14)8-1-2-9-6-15-7-10(9)5-8;/h1-2,5H,3-4,6-7,12H2,(H,13,14);1H. The van der Waals surface area contributed by atoms with Crippen LogP contribution < -0.4 is 11.1 Å². The minimum Gasteiger partial charge on any atom is -0.372 e. The summed E-state index contributed by atoms with van der Waals surface area (Å²) in [4.78, 5) is 11.6. The van der Waals surface area contributed by atoms with Gasteiger partial charge in [0.1, 0.15) is 0 Å². The molecule has 1 amide bonds. The average molecular weight is 243 g/mol. The number of halogens is 1. The van der Waals surface area contributed by atoms with Crippen molar-refractivity contribution in [3.05, 3.63) is 34.9 Å². The van der Waals surface area contributed by atoms with Crippen molar-refractivity contribution < 1.29 is 9.53 Å². The first-order valence-electron chi connectivity index (χ1n) is 4.99. The van der Waals surface area contributed by atoms with Crippen LogP contribution in [-0.4, -0.2) is 19.0 Å². The second-order valence-electron chi connectivity index (χ2n) is 3.52. The molecule has 0 fully saturated rings. The predicted octanol–water partition coefficient (Wildman–Crippen LogP) is 0.827. The molecule has 0 unspecified atom stereocenters. The molecule has 0 radical (unpaired) electrons. The van der Waals surface area contributed by atoms with Gasteiger partial charge in [-0.25, -0.2) is 0 Å². The Labute approximate surface area is 101 Å². The molecule has 1 aromatic carbocycles. The number of hydrogen-bond donors (Lipinski definition) is 2. The number of nitrogens with one attached hydrogen (secondary N) is 1. The van der Waals surface area contributed by atoms with E-state index < -0.39 is 0 Å². The largest absolute Gasteiger partial charge is 0.372 e. The van der Waals surface area contributed by atoms with E-state index in [1.54, 1.807) is 0 Å². The van der Waals surface area contributed by atoms with E-state index in [0.29, 0.717) is 31.9 Å². The molecule has 0 saturated carbocycles. The molecule has 2 rings (SSSR count). The number of rotatable bonds is 3. The Morgan fingerprint density at radius 1 is 1.38 bits per heavy atom. The highest BCUT2D eigenvalue weighted by molar-refractivity contribution is 5.94. The lowest BCUT2D eigenvalue weighted by molar-refractivity contribution is 0.0954. The third kappa shape index (κ3) is 2.72. The van der Waals surface area contributed by atoms with Crippen molar-refractivity contribution >= 4 is 18.3 Å². The van der Waals surface area contributed by atoms with E-state index in [0.717, 1.165) is 5.56 Å². The third-order valence-electron chi connectivity index (χ3n) is 2.41. The van der Waals surface area contributed by atoms with Gasteiger partial charge in [-0.15, -0.1) is 12.4 Å². The maximum atomic E-state index is 11.6. The van der Waals surface area contributed by atoms with Crippen molar-refractivity contribution in [3.8, 4) is 0 Å². The summed E-state index contributed by atoms with van der Waals surface area (Å²) in [5.41, 5.74) is 8.26. The molecule has 5 heteroatoms. The zero-order chi connectivity index (χ0) is 10.7. The molecule has 0 aromatic heterocycles. The van der Waals surface area contributed by atoms with Gasteiger partial charge in [0, 0.05) is 18.7 Å². The quantitative estimate of drug-likeness (QED) is 0.825. The molecule has 1 aliphatic heterocycles. The Morgan fingerprint density at radius 2 is 2.12 bits per heavy atom. The predicted molar refractivity (Wildman–Crippen MR) is 63.6 cm³/mol. The fourth-order valence-electron chi connectivity index (χ4n) is 1.60. The van der Waals surface area contributed by atoms with E-state index in [1.165, 1.54) is 5.56 Å². The number of fused-ring (bicyclic) bond motifs is 1. The minimum atomic E-state index is -0.0739. The van der Waals surface area contributed by atoms with Crippen molar-refractivity contribution in [2.45, 2.75) is 13.2 Å². The molecule has 0 bridgehead atoms. The molecule has 88 valence electrons. The summed E-state index contributed by atoms with van der Waals surface area (Å²) in [7, 11) is 0. The van der Waals surface area contributed by atoms with Gasteiger partial charge in [-0.05, 0) is 23.3 Å². The zero-order valence-corrected chi connectivity index (χ0v) is 9.68. The third-order valence-corrected chi connectivity index (χ3v) is 2.41. The van der Waals surface area contributed by atoms with Gasteiger partial charge in [0.05, 0.1) is 13.2 Å². The molecule has 16 heavy (non-hydrogen) atoms. The highest BCUT2D eigenvalue weighted by Gasteiger charge is 2.13. The number of benzene rings is 1. The maximum absolute atomic E-state index is 11.6. The van der Waals surface area contributed by atoms with Crippen LogP contribution in [0.15, 0.2) is 18.2 Å². The zero-order valence-electron chi connectivity index (χ0n) is 8.86. The van der Waals surface area contributed by atoms with Gasteiger partial charge in [0.2, 0.25) is 0 Å². The number of hydrogen-bond acceptors (Lipinski definition) is 3. The molecule has 4 nitrogen and oxygen atoms in total. The second kappa shape index (κ2) is 5.84. The van der Waals surface area contributed by atoms with Crippen molar-refractivity contribution in [1.82, 2.24) is 5.32 Å². The van der Waals surface area contributed by atoms with E-state index in [-0.39, 0.29) is 18.3 Å². The second-order valence-corrected chi connectivity index (χ2v) is 3.52. The van der Waals surface area contributed by atoms with Crippen LogP contribution in [0.2, 0.25) is 0 Å². The number of carbonyl (C=O) groups is 1. The molecule has 1 heterocycles. The molecular weight excluding hydrogens is 228 g/mol. The highest BCUT2D eigenvalue weighted by Crippen LogP contribution is 2.20. The SMILES string of the molecule is Cl.NCCNC(=O)c1ccc2c(c1)COC2. The molecule has 1 aromatic rings. The summed E-state index contributed by atoms with van der Waals surface area (Å²) in [5, 5.41) is 2.74. The lowest BCUT2D eigenvalue weighted by atomic mass is 10.1. The van der Waals surface area contributed by atoms with Crippen LogP contribution in [0.1, 0.15) is 21.5 Å². The summed E-state index contributed by atoms with van der Waals surface area (Å²) in [6.45, 7) is 2.22. The fraction of sp³-hybridized carbons (Fsp3) is 0.364. The topological polar surface area (TPSA) is 64.3 Å². The van der Waals surface area contributed by atoms with E-state index in [9.17, 15) is 4.79 Å².